The number of anilines is 2. The highest BCUT2D eigenvalue weighted by Gasteiger charge is 2.11. The molecule has 0 aliphatic carbocycles. The van der Waals surface area contributed by atoms with Crippen LogP contribution in [0.5, 0.6) is 0 Å². The second-order valence-electron chi connectivity index (χ2n) is 5.04. The Balaban J connectivity index is 2.26. The van der Waals surface area contributed by atoms with Gasteiger partial charge in [0.15, 0.2) is 0 Å². The molecule has 0 fully saturated rings. The number of hydrogen-bond acceptors (Lipinski definition) is 3. The molecule has 0 spiro atoms. The smallest absolute Gasteiger partial charge is 0.248 e. The highest BCUT2D eigenvalue weighted by Crippen LogP contribution is 2.26. The van der Waals surface area contributed by atoms with Gasteiger partial charge in [-0.1, -0.05) is 12.1 Å². The molecular formula is C16H18FN3O. The van der Waals surface area contributed by atoms with E-state index in [-0.39, 0.29) is 11.9 Å². The third-order valence-corrected chi connectivity index (χ3v) is 3.41. The van der Waals surface area contributed by atoms with E-state index in [2.05, 4.69) is 5.32 Å². The van der Waals surface area contributed by atoms with E-state index >= 15 is 0 Å². The second-order valence-corrected chi connectivity index (χ2v) is 5.04. The minimum absolute atomic E-state index is 0.162. The van der Waals surface area contributed by atoms with Crippen molar-refractivity contribution in [2.75, 3.05) is 11.1 Å². The Morgan fingerprint density at radius 2 is 1.95 bits per heavy atom. The molecule has 110 valence electrons. The van der Waals surface area contributed by atoms with Crippen molar-refractivity contribution in [2.45, 2.75) is 19.9 Å². The highest BCUT2D eigenvalue weighted by molar-refractivity contribution is 5.94. The quantitative estimate of drug-likeness (QED) is 0.756. The number of aryl methyl sites for hydroxylation is 1. The maximum absolute atomic E-state index is 13.6. The molecule has 0 aliphatic rings. The summed E-state index contributed by atoms with van der Waals surface area (Å²) in [6, 6.07) is 9.69. The molecule has 2 aromatic rings. The van der Waals surface area contributed by atoms with Crippen LogP contribution in [0.1, 0.15) is 34.5 Å². The Bertz CT molecular complexity index is 685. The van der Waals surface area contributed by atoms with E-state index in [0.717, 1.165) is 5.56 Å². The van der Waals surface area contributed by atoms with Gasteiger partial charge in [0.2, 0.25) is 5.91 Å². The topological polar surface area (TPSA) is 81.1 Å². The third kappa shape index (κ3) is 3.31. The first kappa shape index (κ1) is 14.8. The Hall–Kier alpha value is -2.56. The minimum atomic E-state index is -0.521. The first-order valence-electron chi connectivity index (χ1n) is 6.60. The molecular weight excluding hydrogens is 269 g/mol. The number of carbonyl (C=O) groups is 1. The molecule has 5 N–H and O–H groups in total. The number of carbonyl (C=O) groups excluding carboxylic acids is 1. The molecule has 1 unspecified atom stereocenters. The molecule has 0 aromatic heterocycles. The van der Waals surface area contributed by atoms with Crippen molar-refractivity contribution in [1.29, 1.82) is 0 Å². The van der Waals surface area contributed by atoms with Gasteiger partial charge in [0.1, 0.15) is 5.82 Å². The van der Waals surface area contributed by atoms with Gasteiger partial charge in [0.25, 0.3) is 0 Å². The highest BCUT2D eigenvalue weighted by atomic mass is 19.1. The third-order valence-electron chi connectivity index (χ3n) is 3.41. The maximum atomic E-state index is 13.6. The minimum Gasteiger partial charge on any atom is -0.397 e. The maximum Gasteiger partial charge on any atom is 0.248 e. The summed E-state index contributed by atoms with van der Waals surface area (Å²) in [5.74, 6) is -0.771. The van der Waals surface area contributed by atoms with Crippen LogP contribution in [-0.4, -0.2) is 5.91 Å². The summed E-state index contributed by atoms with van der Waals surface area (Å²) in [6.45, 7) is 3.60. The molecule has 1 amide bonds. The lowest BCUT2D eigenvalue weighted by atomic mass is 10.0. The van der Waals surface area contributed by atoms with Gasteiger partial charge in [-0.15, -0.1) is 0 Å². The molecule has 1 atom stereocenters. The summed E-state index contributed by atoms with van der Waals surface area (Å²) < 4.78 is 13.6. The van der Waals surface area contributed by atoms with Crippen molar-refractivity contribution < 1.29 is 9.18 Å². The molecule has 21 heavy (non-hydrogen) atoms. The van der Waals surface area contributed by atoms with Crippen LogP contribution < -0.4 is 16.8 Å². The fraction of sp³-hybridized carbons (Fsp3) is 0.188. The zero-order valence-electron chi connectivity index (χ0n) is 12.0. The SMILES string of the molecule is Cc1ccc(C(C)Nc2cc(C(N)=O)ccc2N)cc1F. The fourth-order valence-corrected chi connectivity index (χ4v) is 2.03. The van der Waals surface area contributed by atoms with E-state index in [4.69, 9.17) is 11.5 Å². The van der Waals surface area contributed by atoms with E-state index in [0.29, 0.717) is 22.5 Å². The van der Waals surface area contributed by atoms with E-state index < -0.39 is 5.91 Å². The van der Waals surface area contributed by atoms with Crippen molar-refractivity contribution in [3.05, 3.63) is 58.9 Å². The average molecular weight is 287 g/mol. The molecule has 0 bridgehead atoms. The van der Waals surface area contributed by atoms with Crippen LogP contribution in [0.15, 0.2) is 36.4 Å². The predicted molar refractivity (Wildman–Crippen MR) is 82.5 cm³/mol. The number of nitrogen functional groups attached to an aromatic ring is 1. The van der Waals surface area contributed by atoms with E-state index in [1.807, 2.05) is 13.0 Å². The molecule has 2 aromatic carbocycles. The number of hydrogen-bond donors (Lipinski definition) is 3. The van der Waals surface area contributed by atoms with E-state index in [1.165, 1.54) is 6.07 Å². The largest absolute Gasteiger partial charge is 0.397 e. The van der Waals surface area contributed by atoms with Gasteiger partial charge in [-0.25, -0.2) is 4.39 Å². The molecule has 0 aliphatic heterocycles. The predicted octanol–water partition coefficient (Wildman–Crippen LogP) is 2.99. The molecule has 0 saturated heterocycles. The van der Waals surface area contributed by atoms with Gasteiger partial charge < -0.3 is 16.8 Å². The van der Waals surface area contributed by atoms with Crippen LogP contribution in [0.2, 0.25) is 0 Å². The van der Waals surface area contributed by atoms with E-state index in [1.54, 1.807) is 31.2 Å². The Morgan fingerprint density at radius 3 is 2.57 bits per heavy atom. The van der Waals surface area contributed by atoms with Gasteiger partial charge in [-0.3, -0.25) is 4.79 Å². The van der Waals surface area contributed by atoms with Crippen LogP contribution >= 0.6 is 0 Å². The number of benzene rings is 2. The molecule has 2 rings (SSSR count). The van der Waals surface area contributed by atoms with Gasteiger partial charge >= 0.3 is 0 Å². The second kappa shape index (κ2) is 5.83. The van der Waals surface area contributed by atoms with Gasteiger partial charge in [0, 0.05) is 11.6 Å². The summed E-state index contributed by atoms with van der Waals surface area (Å²) in [5.41, 5.74) is 14.0. The zero-order valence-corrected chi connectivity index (χ0v) is 12.0. The number of amides is 1. The van der Waals surface area contributed by atoms with Crippen LogP contribution in [0.25, 0.3) is 0 Å². The van der Waals surface area contributed by atoms with Gasteiger partial charge in [-0.05, 0) is 49.2 Å². The Labute approximate surface area is 123 Å². The first-order valence-corrected chi connectivity index (χ1v) is 6.60. The Kier molecular flexibility index (Phi) is 4.12. The van der Waals surface area contributed by atoms with Crippen LogP contribution in [0, 0.1) is 12.7 Å². The van der Waals surface area contributed by atoms with Crippen LogP contribution in [0.4, 0.5) is 15.8 Å². The summed E-state index contributed by atoms with van der Waals surface area (Å²) in [4.78, 5) is 11.2. The molecule has 5 heteroatoms. The molecule has 4 nitrogen and oxygen atoms in total. The number of halogens is 1. The molecule has 0 saturated carbocycles. The van der Waals surface area contributed by atoms with Crippen LogP contribution in [0.3, 0.4) is 0 Å². The standard InChI is InChI=1S/C16H18FN3O/c1-9-3-4-11(7-13(9)17)10(2)20-15-8-12(16(19)21)5-6-14(15)18/h3-8,10,20H,18H2,1-2H3,(H2,19,21). The van der Waals surface area contributed by atoms with Crippen molar-refractivity contribution in [2.24, 2.45) is 5.73 Å². The number of nitrogens with one attached hydrogen (secondary N) is 1. The van der Waals surface area contributed by atoms with Crippen molar-refractivity contribution in [3.8, 4) is 0 Å². The van der Waals surface area contributed by atoms with Gasteiger partial charge in [-0.2, -0.15) is 0 Å². The summed E-state index contributed by atoms with van der Waals surface area (Å²) in [5, 5.41) is 3.17. The summed E-state index contributed by atoms with van der Waals surface area (Å²) in [7, 11) is 0. The monoisotopic (exact) mass is 287 g/mol. The number of rotatable bonds is 4. The zero-order chi connectivity index (χ0) is 15.6. The normalized spacial score (nSPS) is 12.0. The van der Waals surface area contributed by atoms with E-state index in [9.17, 15) is 9.18 Å². The summed E-state index contributed by atoms with van der Waals surface area (Å²) >= 11 is 0. The Morgan fingerprint density at radius 1 is 1.24 bits per heavy atom. The summed E-state index contributed by atoms with van der Waals surface area (Å²) in [6.07, 6.45) is 0. The lowest BCUT2D eigenvalue weighted by molar-refractivity contribution is 0.100. The molecule has 0 radical (unpaired) electrons. The van der Waals surface area contributed by atoms with Crippen molar-refractivity contribution in [1.82, 2.24) is 0 Å². The van der Waals surface area contributed by atoms with Crippen LogP contribution in [-0.2, 0) is 0 Å². The van der Waals surface area contributed by atoms with Gasteiger partial charge in [0.05, 0.1) is 11.4 Å². The number of primary amides is 1. The lowest BCUT2D eigenvalue weighted by Gasteiger charge is -2.18. The lowest BCUT2D eigenvalue weighted by Crippen LogP contribution is -2.13. The number of nitrogens with two attached hydrogens (primary N) is 2. The molecule has 0 heterocycles. The fourth-order valence-electron chi connectivity index (χ4n) is 2.03. The average Bonchev–Trinajstić information content (AvgIpc) is 2.43. The van der Waals surface area contributed by atoms with Crippen molar-refractivity contribution in [3.63, 3.8) is 0 Å². The first-order chi connectivity index (χ1) is 9.88. The van der Waals surface area contributed by atoms with Crippen molar-refractivity contribution >= 4 is 17.3 Å².